The zero-order valence-corrected chi connectivity index (χ0v) is 9.40. The Kier molecular flexibility index (Phi) is 3.38. The number of likely N-dealkylation sites (tertiary alicyclic amines) is 1. The molecule has 1 aliphatic heterocycles. The third kappa shape index (κ3) is 2.79. The van der Waals surface area contributed by atoms with Crippen molar-refractivity contribution in [3.63, 3.8) is 0 Å². The van der Waals surface area contributed by atoms with Crippen molar-refractivity contribution < 1.29 is 9.26 Å². The van der Waals surface area contributed by atoms with Crippen LogP contribution in [0.15, 0.2) is 10.6 Å². The maximum absolute atomic E-state index is 5.33. The van der Waals surface area contributed by atoms with Gasteiger partial charge in [-0.3, -0.25) is 4.90 Å². The number of ether oxygens (including phenoxy) is 1. The molecule has 0 spiro atoms. The highest BCUT2D eigenvalue weighted by Crippen LogP contribution is 2.15. The van der Waals surface area contributed by atoms with E-state index < -0.39 is 0 Å². The number of piperidine rings is 1. The largest absolute Gasteiger partial charge is 0.381 e. The Labute approximate surface area is 90.2 Å². The summed E-state index contributed by atoms with van der Waals surface area (Å²) in [5, 5.41) is 3.89. The second kappa shape index (κ2) is 4.77. The van der Waals surface area contributed by atoms with Gasteiger partial charge in [-0.1, -0.05) is 5.16 Å². The number of rotatable bonds is 3. The Morgan fingerprint density at radius 3 is 2.80 bits per heavy atom. The predicted molar refractivity (Wildman–Crippen MR) is 56.5 cm³/mol. The van der Waals surface area contributed by atoms with Gasteiger partial charge in [0.05, 0.1) is 18.3 Å². The minimum absolute atomic E-state index is 0.442. The number of aromatic nitrogens is 1. The van der Waals surface area contributed by atoms with Gasteiger partial charge in [0, 0.05) is 26.3 Å². The van der Waals surface area contributed by atoms with Gasteiger partial charge < -0.3 is 9.26 Å². The van der Waals surface area contributed by atoms with Crippen LogP contribution in [0.4, 0.5) is 0 Å². The van der Waals surface area contributed by atoms with Crippen LogP contribution in [-0.4, -0.2) is 36.4 Å². The lowest BCUT2D eigenvalue weighted by atomic mass is 10.1. The minimum Gasteiger partial charge on any atom is -0.381 e. The summed E-state index contributed by atoms with van der Waals surface area (Å²) >= 11 is 0. The first kappa shape index (κ1) is 10.6. The maximum atomic E-state index is 5.33. The summed E-state index contributed by atoms with van der Waals surface area (Å²) in [5.74, 6) is 0.961. The molecule has 1 aromatic rings. The summed E-state index contributed by atoms with van der Waals surface area (Å²) in [5.41, 5.74) is 0.955. The van der Waals surface area contributed by atoms with Gasteiger partial charge in [0.1, 0.15) is 0 Å². The Morgan fingerprint density at radius 2 is 2.27 bits per heavy atom. The molecule has 0 aromatic carbocycles. The molecule has 0 amide bonds. The van der Waals surface area contributed by atoms with E-state index in [1.807, 2.05) is 13.0 Å². The molecule has 1 aromatic heterocycles. The quantitative estimate of drug-likeness (QED) is 0.759. The molecule has 0 aliphatic carbocycles. The van der Waals surface area contributed by atoms with Crippen LogP contribution in [0, 0.1) is 6.92 Å². The van der Waals surface area contributed by atoms with Crippen LogP contribution in [-0.2, 0) is 11.3 Å². The second-order valence-electron chi connectivity index (χ2n) is 4.15. The van der Waals surface area contributed by atoms with Crippen LogP contribution >= 0.6 is 0 Å². The summed E-state index contributed by atoms with van der Waals surface area (Å²) in [6.45, 7) is 4.98. The fraction of sp³-hybridized carbons (Fsp3) is 0.727. The van der Waals surface area contributed by atoms with E-state index in [9.17, 15) is 0 Å². The second-order valence-corrected chi connectivity index (χ2v) is 4.15. The lowest BCUT2D eigenvalue weighted by Gasteiger charge is -2.30. The number of hydrogen-bond acceptors (Lipinski definition) is 4. The highest BCUT2D eigenvalue weighted by molar-refractivity contribution is 5.02. The molecule has 0 atom stereocenters. The van der Waals surface area contributed by atoms with Gasteiger partial charge in [0.25, 0.3) is 0 Å². The SMILES string of the molecule is COC1CCN(Cc2cc(C)no2)CC1. The molecule has 1 fully saturated rings. The highest BCUT2D eigenvalue weighted by Gasteiger charge is 2.19. The molecule has 0 unspecified atom stereocenters. The van der Waals surface area contributed by atoms with E-state index in [1.165, 1.54) is 0 Å². The summed E-state index contributed by atoms with van der Waals surface area (Å²) < 4.78 is 10.5. The van der Waals surface area contributed by atoms with Gasteiger partial charge in [-0.2, -0.15) is 0 Å². The number of hydrogen-bond donors (Lipinski definition) is 0. The van der Waals surface area contributed by atoms with E-state index in [2.05, 4.69) is 10.1 Å². The van der Waals surface area contributed by atoms with Gasteiger partial charge in [-0.05, 0) is 19.8 Å². The van der Waals surface area contributed by atoms with Crippen molar-refractivity contribution in [3.05, 3.63) is 17.5 Å². The fourth-order valence-corrected chi connectivity index (χ4v) is 2.01. The van der Waals surface area contributed by atoms with Crippen molar-refractivity contribution >= 4 is 0 Å². The molecular weight excluding hydrogens is 192 g/mol. The molecule has 0 radical (unpaired) electrons. The first-order valence-corrected chi connectivity index (χ1v) is 5.45. The number of methoxy groups -OCH3 is 1. The molecule has 15 heavy (non-hydrogen) atoms. The average molecular weight is 210 g/mol. The molecule has 0 saturated carbocycles. The zero-order valence-electron chi connectivity index (χ0n) is 9.40. The van der Waals surface area contributed by atoms with Gasteiger partial charge in [0.2, 0.25) is 0 Å². The summed E-state index contributed by atoms with van der Waals surface area (Å²) in [6.07, 6.45) is 2.67. The van der Waals surface area contributed by atoms with Crippen molar-refractivity contribution in [2.75, 3.05) is 20.2 Å². The Balaban J connectivity index is 1.82. The number of aryl methyl sites for hydroxylation is 1. The Hall–Kier alpha value is -0.870. The average Bonchev–Trinajstić information content (AvgIpc) is 2.65. The Morgan fingerprint density at radius 1 is 1.53 bits per heavy atom. The summed E-state index contributed by atoms with van der Waals surface area (Å²) in [6, 6.07) is 2.00. The van der Waals surface area contributed by atoms with Gasteiger partial charge >= 0.3 is 0 Å². The lowest BCUT2D eigenvalue weighted by Crippen LogP contribution is -2.36. The standard InChI is InChI=1S/C11H18N2O2/c1-9-7-11(15-12-9)8-13-5-3-10(14-2)4-6-13/h7,10H,3-6,8H2,1-2H3. The van der Waals surface area contributed by atoms with Crippen molar-refractivity contribution in [2.45, 2.75) is 32.4 Å². The van der Waals surface area contributed by atoms with Crippen molar-refractivity contribution in [1.29, 1.82) is 0 Å². The van der Waals surface area contributed by atoms with Gasteiger partial charge in [-0.15, -0.1) is 0 Å². The van der Waals surface area contributed by atoms with E-state index in [-0.39, 0.29) is 0 Å². The van der Waals surface area contributed by atoms with E-state index in [0.717, 1.165) is 43.9 Å². The molecule has 4 heteroatoms. The van der Waals surface area contributed by atoms with Crippen LogP contribution in [0.5, 0.6) is 0 Å². The molecule has 0 N–H and O–H groups in total. The molecule has 4 nitrogen and oxygen atoms in total. The molecule has 0 bridgehead atoms. The molecule has 2 rings (SSSR count). The predicted octanol–water partition coefficient (Wildman–Crippen LogP) is 1.59. The highest BCUT2D eigenvalue weighted by atomic mass is 16.5. The third-order valence-electron chi connectivity index (χ3n) is 2.92. The topological polar surface area (TPSA) is 38.5 Å². The van der Waals surface area contributed by atoms with E-state index in [0.29, 0.717) is 6.10 Å². The maximum Gasteiger partial charge on any atom is 0.150 e. The monoisotopic (exact) mass is 210 g/mol. The number of nitrogens with zero attached hydrogens (tertiary/aromatic N) is 2. The van der Waals surface area contributed by atoms with E-state index in [1.54, 1.807) is 7.11 Å². The van der Waals surface area contributed by atoms with Crippen LogP contribution in [0.25, 0.3) is 0 Å². The normalized spacial score (nSPS) is 19.6. The lowest BCUT2D eigenvalue weighted by molar-refractivity contribution is 0.0364. The van der Waals surface area contributed by atoms with Crippen LogP contribution in [0.3, 0.4) is 0 Å². The zero-order chi connectivity index (χ0) is 10.7. The summed E-state index contributed by atoms with van der Waals surface area (Å²) in [4.78, 5) is 2.38. The van der Waals surface area contributed by atoms with E-state index in [4.69, 9.17) is 9.26 Å². The van der Waals surface area contributed by atoms with Crippen LogP contribution in [0.1, 0.15) is 24.3 Å². The molecule has 1 saturated heterocycles. The fourth-order valence-electron chi connectivity index (χ4n) is 2.01. The van der Waals surface area contributed by atoms with Crippen molar-refractivity contribution in [3.8, 4) is 0 Å². The first-order valence-electron chi connectivity index (χ1n) is 5.45. The first-order chi connectivity index (χ1) is 7.28. The van der Waals surface area contributed by atoms with Gasteiger partial charge in [0.15, 0.2) is 5.76 Å². The van der Waals surface area contributed by atoms with Crippen molar-refractivity contribution in [1.82, 2.24) is 10.1 Å². The Bertz CT molecular complexity index is 303. The molecule has 1 aliphatic rings. The molecular formula is C11H18N2O2. The summed E-state index contributed by atoms with van der Waals surface area (Å²) in [7, 11) is 1.79. The third-order valence-corrected chi connectivity index (χ3v) is 2.92. The van der Waals surface area contributed by atoms with Crippen LogP contribution < -0.4 is 0 Å². The smallest absolute Gasteiger partial charge is 0.150 e. The van der Waals surface area contributed by atoms with Crippen molar-refractivity contribution in [2.24, 2.45) is 0 Å². The molecule has 84 valence electrons. The van der Waals surface area contributed by atoms with E-state index >= 15 is 0 Å². The van der Waals surface area contributed by atoms with Gasteiger partial charge in [-0.25, -0.2) is 0 Å². The van der Waals surface area contributed by atoms with Crippen LogP contribution in [0.2, 0.25) is 0 Å². The molecule has 2 heterocycles. The minimum atomic E-state index is 0.442.